The minimum atomic E-state index is -3.51. The first-order valence-corrected chi connectivity index (χ1v) is 9.71. The van der Waals surface area contributed by atoms with Crippen molar-refractivity contribution in [3.63, 3.8) is 0 Å². The maximum absolute atomic E-state index is 12.3. The summed E-state index contributed by atoms with van der Waals surface area (Å²) < 4.78 is 25.8. The van der Waals surface area contributed by atoms with E-state index in [2.05, 4.69) is 15.1 Å². The van der Waals surface area contributed by atoms with Crippen molar-refractivity contribution in [3.8, 4) is 0 Å². The van der Waals surface area contributed by atoms with Gasteiger partial charge >= 0.3 is 0 Å². The molecule has 4 rings (SSSR count). The molecule has 0 aliphatic carbocycles. The number of rotatable bonds is 3. The zero-order valence-electron chi connectivity index (χ0n) is 13.6. The maximum atomic E-state index is 12.3. The van der Waals surface area contributed by atoms with E-state index in [-0.39, 0.29) is 0 Å². The lowest BCUT2D eigenvalue weighted by molar-refractivity contribution is 0.376. The van der Waals surface area contributed by atoms with Crippen LogP contribution < -0.4 is 0 Å². The highest BCUT2D eigenvalue weighted by Gasteiger charge is 2.35. The molecule has 0 bridgehead atoms. The normalized spacial score (nSPS) is 17.7. The summed E-state index contributed by atoms with van der Waals surface area (Å²) in [5.41, 5.74) is 3.92. The Morgan fingerprint density at radius 2 is 1.76 bits per heavy atom. The van der Waals surface area contributed by atoms with E-state index >= 15 is 0 Å². The lowest BCUT2D eigenvalue weighted by Crippen LogP contribution is -2.26. The summed E-state index contributed by atoms with van der Waals surface area (Å²) in [6.07, 6.45) is 4.91. The maximum Gasteiger partial charge on any atom is 0.247 e. The summed E-state index contributed by atoms with van der Waals surface area (Å²) >= 11 is 0. The molecule has 1 atom stereocenters. The molecule has 0 amide bonds. The number of para-hydroxylation sites is 1. The van der Waals surface area contributed by atoms with E-state index in [9.17, 15) is 8.42 Å². The second-order valence-electron chi connectivity index (χ2n) is 5.94. The third-order valence-electron chi connectivity index (χ3n) is 4.21. The number of aromatic nitrogens is 2. The molecule has 0 radical (unpaired) electrons. The number of benzene rings is 2. The van der Waals surface area contributed by atoms with Crippen molar-refractivity contribution < 1.29 is 8.42 Å². The Balaban J connectivity index is 1.84. The van der Waals surface area contributed by atoms with E-state index in [4.69, 9.17) is 0 Å². The number of hydrogen-bond acceptors (Lipinski definition) is 5. The van der Waals surface area contributed by atoms with Gasteiger partial charge in [-0.1, -0.05) is 42.5 Å². The fourth-order valence-electron chi connectivity index (χ4n) is 3.11. The van der Waals surface area contributed by atoms with E-state index in [0.29, 0.717) is 11.9 Å². The van der Waals surface area contributed by atoms with Crippen molar-refractivity contribution in [1.82, 2.24) is 14.4 Å². The molecule has 1 aromatic heterocycles. The molecular formula is C18H16N4O2S. The van der Waals surface area contributed by atoms with Gasteiger partial charge in [0.2, 0.25) is 10.0 Å². The summed E-state index contributed by atoms with van der Waals surface area (Å²) in [5, 5.41) is 4.41. The Labute approximate surface area is 145 Å². The third kappa shape index (κ3) is 2.87. The van der Waals surface area contributed by atoms with Crippen molar-refractivity contribution in [2.75, 3.05) is 6.26 Å². The van der Waals surface area contributed by atoms with Gasteiger partial charge in [0, 0.05) is 24.4 Å². The molecule has 1 aliphatic heterocycles. The van der Waals surface area contributed by atoms with Crippen molar-refractivity contribution in [1.29, 1.82) is 0 Å². The van der Waals surface area contributed by atoms with Crippen LogP contribution in [0.3, 0.4) is 0 Å². The van der Waals surface area contributed by atoms with Crippen LogP contribution in [0.4, 0.5) is 0 Å². The fourth-order valence-corrected chi connectivity index (χ4v) is 4.01. The molecular weight excluding hydrogens is 336 g/mol. The molecule has 2 heterocycles. The van der Waals surface area contributed by atoms with Gasteiger partial charge in [0.15, 0.2) is 0 Å². The highest BCUT2D eigenvalue weighted by molar-refractivity contribution is 7.88. The Morgan fingerprint density at radius 3 is 2.52 bits per heavy atom. The second kappa shape index (κ2) is 5.93. The average molecular weight is 352 g/mol. The van der Waals surface area contributed by atoms with Crippen LogP contribution in [0.1, 0.15) is 23.6 Å². The lowest BCUT2D eigenvalue weighted by atomic mass is 9.98. The van der Waals surface area contributed by atoms with Crippen LogP contribution in [-0.2, 0) is 10.0 Å². The van der Waals surface area contributed by atoms with Crippen LogP contribution >= 0.6 is 0 Å². The summed E-state index contributed by atoms with van der Waals surface area (Å²) in [6.45, 7) is 0. The SMILES string of the molecule is CS(=O)(=O)N1N=C(c2ccccc2)C[C@H]1c1cccc2nccnc12. The van der Waals surface area contributed by atoms with Crippen LogP contribution in [0, 0.1) is 0 Å². The Bertz CT molecular complexity index is 1060. The van der Waals surface area contributed by atoms with E-state index < -0.39 is 16.1 Å². The van der Waals surface area contributed by atoms with Crippen molar-refractivity contribution >= 4 is 26.8 Å². The number of sulfonamides is 1. The summed E-state index contributed by atoms with van der Waals surface area (Å²) in [7, 11) is -3.51. The molecule has 0 saturated carbocycles. The van der Waals surface area contributed by atoms with E-state index in [1.807, 2.05) is 48.5 Å². The molecule has 25 heavy (non-hydrogen) atoms. The van der Waals surface area contributed by atoms with Crippen molar-refractivity contribution in [2.45, 2.75) is 12.5 Å². The number of hydrazone groups is 1. The average Bonchev–Trinajstić information content (AvgIpc) is 3.08. The lowest BCUT2D eigenvalue weighted by Gasteiger charge is -2.22. The van der Waals surface area contributed by atoms with Crippen LogP contribution in [0.2, 0.25) is 0 Å². The first kappa shape index (κ1) is 15.7. The van der Waals surface area contributed by atoms with Gasteiger partial charge in [-0.3, -0.25) is 9.97 Å². The van der Waals surface area contributed by atoms with Gasteiger partial charge in [-0.05, 0) is 11.6 Å². The van der Waals surface area contributed by atoms with Crippen LogP contribution in [-0.4, -0.2) is 34.8 Å². The predicted molar refractivity (Wildman–Crippen MR) is 96.6 cm³/mol. The van der Waals surface area contributed by atoms with Gasteiger partial charge < -0.3 is 0 Å². The van der Waals surface area contributed by atoms with Crippen LogP contribution in [0.5, 0.6) is 0 Å². The molecule has 0 unspecified atom stereocenters. The third-order valence-corrected chi connectivity index (χ3v) is 5.22. The smallest absolute Gasteiger partial charge is 0.247 e. The molecule has 1 aliphatic rings. The summed E-state index contributed by atoms with van der Waals surface area (Å²) in [5.74, 6) is 0. The molecule has 126 valence electrons. The highest BCUT2D eigenvalue weighted by atomic mass is 32.2. The van der Waals surface area contributed by atoms with Crippen molar-refractivity contribution in [3.05, 3.63) is 72.1 Å². The minimum Gasteiger partial charge on any atom is -0.253 e. The highest BCUT2D eigenvalue weighted by Crippen LogP contribution is 2.36. The number of fused-ring (bicyclic) bond motifs is 1. The summed E-state index contributed by atoms with van der Waals surface area (Å²) in [6, 6.07) is 14.8. The van der Waals surface area contributed by atoms with Gasteiger partial charge in [-0.15, -0.1) is 0 Å². The largest absolute Gasteiger partial charge is 0.253 e. The Hall–Kier alpha value is -2.80. The quantitative estimate of drug-likeness (QED) is 0.726. The summed E-state index contributed by atoms with van der Waals surface area (Å²) in [4.78, 5) is 8.71. The minimum absolute atomic E-state index is 0.425. The van der Waals surface area contributed by atoms with Gasteiger partial charge in [-0.2, -0.15) is 9.52 Å². The molecule has 0 spiro atoms. The topological polar surface area (TPSA) is 75.5 Å². The first-order chi connectivity index (χ1) is 12.0. The molecule has 0 N–H and O–H groups in total. The monoisotopic (exact) mass is 352 g/mol. The van der Waals surface area contributed by atoms with Crippen LogP contribution in [0.25, 0.3) is 11.0 Å². The fraction of sp³-hybridized carbons (Fsp3) is 0.167. The van der Waals surface area contributed by atoms with Gasteiger partial charge in [0.1, 0.15) is 0 Å². The molecule has 0 saturated heterocycles. The van der Waals surface area contributed by atoms with Crippen LogP contribution in [0.15, 0.2) is 66.0 Å². The second-order valence-corrected chi connectivity index (χ2v) is 7.78. The zero-order chi connectivity index (χ0) is 17.4. The molecule has 3 aromatic rings. The van der Waals surface area contributed by atoms with E-state index in [1.54, 1.807) is 12.4 Å². The van der Waals surface area contributed by atoms with Gasteiger partial charge in [-0.25, -0.2) is 8.42 Å². The Morgan fingerprint density at radius 1 is 1.00 bits per heavy atom. The number of hydrogen-bond donors (Lipinski definition) is 0. The zero-order valence-corrected chi connectivity index (χ0v) is 14.4. The molecule has 2 aromatic carbocycles. The number of nitrogens with zero attached hydrogens (tertiary/aromatic N) is 4. The predicted octanol–water partition coefficient (Wildman–Crippen LogP) is 2.74. The molecule has 6 nitrogen and oxygen atoms in total. The van der Waals surface area contributed by atoms with Gasteiger partial charge in [0.05, 0.1) is 29.0 Å². The molecule has 0 fully saturated rings. The first-order valence-electron chi connectivity index (χ1n) is 7.86. The van der Waals surface area contributed by atoms with E-state index in [0.717, 1.165) is 22.4 Å². The van der Waals surface area contributed by atoms with E-state index in [1.165, 1.54) is 10.7 Å². The van der Waals surface area contributed by atoms with Gasteiger partial charge in [0.25, 0.3) is 0 Å². The van der Waals surface area contributed by atoms with Crippen molar-refractivity contribution in [2.24, 2.45) is 5.10 Å². The Kier molecular flexibility index (Phi) is 3.73. The standard InChI is InChI=1S/C18H16N4O2S/c1-25(23,24)22-17(12-16(21-22)13-6-3-2-4-7-13)14-8-5-9-15-18(14)20-11-10-19-15/h2-11,17H,12H2,1H3/t17-/m0/s1. The molecule has 7 heteroatoms.